The summed E-state index contributed by atoms with van der Waals surface area (Å²) in [4.78, 5) is 14.6. The van der Waals surface area contributed by atoms with E-state index in [1.807, 2.05) is 18.2 Å². The van der Waals surface area contributed by atoms with Crippen molar-refractivity contribution in [2.45, 2.75) is 25.8 Å². The molecular formula is C22H25N3O2. The highest BCUT2D eigenvalue weighted by atomic mass is 16.5. The van der Waals surface area contributed by atoms with Gasteiger partial charge in [-0.05, 0) is 53.3 Å². The van der Waals surface area contributed by atoms with Crippen LogP contribution in [0.5, 0.6) is 5.75 Å². The number of nitriles is 1. The summed E-state index contributed by atoms with van der Waals surface area (Å²) < 4.78 is 5.35. The zero-order chi connectivity index (χ0) is 19.2. The van der Waals surface area contributed by atoms with Crippen molar-refractivity contribution in [3.05, 3.63) is 64.7 Å². The lowest BCUT2D eigenvalue weighted by molar-refractivity contribution is -0.122. The van der Waals surface area contributed by atoms with Gasteiger partial charge >= 0.3 is 0 Å². The van der Waals surface area contributed by atoms with E-state index < -0.39 is 0 Å². The van der Waals surface area contributed by atoms with Gasteiger partial charge in [-0.2, -0.15) is 5.26 Å². The van der Waals surface area contributed by atoms with Gasteiger partial charge in [-0.25, -0.2) is 0 Å². The molecule has 0 radical (unpaired) electrons. The lowest BCUT2D eigenvalue weighted by Crippen LogP contribution is -2.38. The van der Waals surface area contributed by atoms with Gasteiger partial charge in [0.2, 0.25) is 5.91 Å². The van der Waals surface area contributed by atoms with E-state index in [-0.39, 0.29) is 5.91 Å². The van der Waals surface area contributed by atoms with Crippen molar-refractivity contribution < 1.29 is 9.53 Å². The van der Waals surface area contributed by atoms with Crippen molar-refractivity contribution in [1.29, 1.82) is 5.26 Å². The van der Waals surface area contributed by atoms with Gasteiger partial charge in [0.05, 0.1) is 25.3 Å². The molecule has 1 atom stereocenters. The van der Waals surface area contributed by atoms with Gasteiger partial charge < -0.3 is 10.1 Å². The number of nitrogens with one attached hydrogen (secondary N) is 1. The number of carbonyl (C=O) groups is 1. The molecule has 0 aliphatic carbocycles. The third-order valence-electron chi connectivity index (χ3n) is 5.03. The van der Waals surface area contributed by atoms with Crippen molar-refractivity contribution in [3.8, 4) is 11.8 Å². The molecule has 2 aromatic rings. The maximum absolute atomic E-state index is 12.4. The highest BCUT2D eigenvalue weighted by molar-refractivity contribution is 5.78. The van der Waals surface area contributed by atoms with Crippen LogP contribution >= 0.6 is 0 Å². The second-order valence-electron chi connectivity index (χ2n) is 7.04. The van der Waals surface area contributed by atoms with Crippen LogP contribution in [0.15, 0.2) is 42.5 Å². The highest BCUT2D eigenvalue weighted by Crippen LogP contribution is 2.28. The van der Waals surface area contributed by atoms with Crippen LogP contribution in [0, 0.1) is 11.3 Å². The number of hydrogen-bond donors (Lipinski definition) is 1. The van der Waals surface area contributed by atoms with Gasteiger partial charge in [-0.1, -0.05) is 25.1 Å². The molecule has 0 saturated carbocycles. The molecule has 1 N–H and O–H groups in total. The third-order valence-corrected chi connectivity index (χ3v) is 5.03. The highest BCUT2D eigenvalue weighted by Gasteiger charge is 2.22. The summed E-state index contributed by atoms with van der Waals surface area (Å²) in [6.07, 6.45) is 0.932. The predicted octanol–water partition coefficient (Wildman–Crippen LogP) is 2.84. The molecule has 1 heterocycles. The smallest absolute Gasteiger partial charge is 0.234 e. The molecule has 140 valence electrons. The van der Waals surface area contributed by atoms with Crippen LogP contribution in [0.3, 0.4) is 0 Å². The Labute approximate surface area is 160 Å². The Kier molecular flexibility index (Phi) is 6.10. The number of amides is 1. The average molecular weight is 363 g/mol. The Balaban J connectivity index is 1.56. The molecule has 0 saturated heterocycles. The van der Waals surface area contributed by atoms with E-state index in [1.54, 1.807) is 19.2 Å². The monoisotopic (exact) mass is 363 g/mol. The minimum Gasteiger partial charge on any atom is -0.497 e. The maximum atomic E-state index is 12.4. The number of fused-ring (bicyclic) bond motifs is 1. The first kappa shape index (κ1) is 18.9. The molecule has 0 bridgehead atoms. The van der Waals surface area contributed by atoms with Crippen LogP contribution in [-0.2, 0) is 17.8 Å². The van der Waals surface area contributed by atoms with Gasteiger partial charge in [0.25, 0.3) is 0 Å². The molecule has 0 spiro atoms. The van der Waals surface area contributed by atoms with Crippen molar-refractivity contribution in [1.82, 2.24) is 10.2 Å². The fourth-order valence-electron chi connectivity index (χ4n) is 3.60. The van der Waals surface area contributed by atoms with Crippen LogP contribution in [0.4, 0.5) is 0 Å². The average Bonchev–Trinajstić information content (AvgIpc) is 2.85. The van der Waals surface area contributed by atoms with E-state index in [9.17, 15) is 4.79 Å². The molecule has 1 aliphatic heterocycles. The molecule has 5 nitrogen and oxygen atoms in total. The van der Waals surface area contributed by atoms with Crippen LogP contribution < -0.4 is 10.1 Å². The van der Waals surface area contributed by atoms with Crippen LogP contribution in [0.25, 0.3) is 0 Å². The van der Waals surface area contributed by atoms with E-state index >= 15 is 0 Å². The maximum Gasteiger partial charge on any atom is 0.234 e. The van der Waals surface area contributed by atoms with Crippen molar-refractivity contribution >= 4 is 5.91 Å². The van der Waals surface area contributed by atoms with Gasteiger partial charge in [-0.15, -0.1) is 0 Å². The molecule has 5 heteroatoms. The molecule has 1 unspecified atom stereocenters. The first-order valence-corrected chi connectivity index (χ1v) is 9.24. The Morgan fingerprint density at radius 1 is 1.33 bits per heavy atom. The normalized spacial score (nSPS) is 16.7. The van der Waals surface area contributed by atoms with Crippen LogP contribution in [0.2, 0.25) is 0 Å². The molecule has 0 fully saturated rings. The number of carbonyl (C=O) groups excluding carboxylic acids is 1. The zero-order valence-corrected chi connectivity index (χ0v) is 15.9. The SMILES string of the molecule is COc1ccc2c(c1)C(C)CN(CC(=O)NCc1cccc(C#N)c1)CC2. The fraction of sp³-hybridized carbons (Fsp3) is 0.364. The van der Waals surface area contributed by atoms with Crippen molar-refractivity contribution in [2.24, 2.45) is 0 Å². The Morgan fingerprint density at radius 3 is 2.96 bits per heavy atom. The second-order valence-corrected chi connectivity index (χ2v) is 7.04. The third kappa shape index (κ3) is 4.87. The summed E-state index contributed by atoms with van der Waals surface area (Å²) in [5.74, 6) is 1.23. The lowest BCUT2D eigenvalue weighted by Gasteiger charge is -2.22. The van der Waals surface area contributed by atoms with E-state index in [2.05, 4.69) is 35.3 Å². The number of ether oxygens (including phenoxy) is 1. The number of nitrogens with zero attached hydrogens (tertiary/aromatic N) is 2. The van der Waals surface area contributed by atoms with Crippen molar-refractivity contribution in [2.75, 3.05) is 26.7 Å². The first-order chi connectivity index (χ1) is 13.1. The molecule has 0 aromatic heterocycles. The summed E-state index contributed by atoms with van der Waals surface area (Å²) in [5.41, 5.74) is 4.19. The number of benzene rings is 2. The molecule has 2 aromatic carbocycles. The first-order valence-electron chi connectivity index (χ1n) is 9.24. The van der Waals surface area contributed by atoms with Crippen LogP contribution in [0.1, 0.15) is 35.1 Å². The second kappa shape index (κ2) is 8.70. The summed E-state index contributed by atoms with van der Waals surface area (Å²) in [5, 5.41) is 11.9. The van der Waals surface area contributed by atoms with Crippen LogP contribution in [-0.4, -0.2) is 37.6 Å². The number of hydrogen-bond acceptors (Lipinski definition) is 4. The minimum absolute atomic E-state index is 0.00750. The van der Waals surface area contributed by atoms with E-state index in [1.165, 1.54) is 11.1 Å². The minimum atomic E-state index is 0.00750. The molecule has 1 aliphatic rings. The summed E-state index contributed by atoms with van der Waals surface area (Å²) in [6, 6.07) is 15.7. The van der Waals surface area contributed by atoms with E-state index in [0.717, 1.165) is 30.8 Å². The number of rotatable bonds is 5. The number of methoxy groups -OCH3 is 1. The molecule has 1 amide bonds. The van der Waals surface area contributed by atoms with Gasteiger partial charge in [0, 0.05) is 19.6 Å². The van der Waals surface area contributed by atoms with Gasteiger partial charge in [0.1, 0.15) is 5.75 Å². The fourth-order valence-corrected chi connectivity index (χ4v) is 3.60. The lowest BCUT2D eigenvalue weighted by atomic mass is 9.95. The Morgan fingerprint density at radius 2 is 2.19 bits per heavy atom. The van der Waals surface area contributed by atoms with Gasteiger partial charge in [0.15, 0.2) is 0 Å². The zero-order valence-electron chi connectivity index (χ0n) is 15.9. The Bertz CT molecular complexity index is 857. The molecular weight excluding hydrogens is 338 g/mol. The Hall–Kier alpha value is -2.84. The van der Waals surface area contributed by atoms with E-state index in [4.69, 9.17) is 10.00 Å². The van der Waals surface area contributed by atoms with E-state index in [0.29, 0.717) is 24.6 Å². The summed E-state index contributed by atoms with van der Waals surface area (Å²) in [7, 11) is 1.69. The van der Waals surface area contributed by atoms with Gasteiger partial charge in [-0.3, -0.25) is 9.69 Å². The standard InChI is InChI=1S/C22H25N3O2/c1-16-14-25(9-8-19-6-7-20(27-2)11-21(16)19)15-22(26)24-13-18-5-3-4-17(10-18)12-23/h3-7,10-11,16H,8-9,13-15H2,1-2H3,(H,24,26). The topological polar surface area (TPSA) is 65.4 Å². The quantitative estimate of drug-likeness (QED) is 0.887. The van der Waals surface area contributed by atoms with Crippen molar-refractivity contribution in [3.63, 3.8) is 0 Å². The molecule has 3 rings (SSSR count). The predicted molar refractivity (Wildman–Crippen MR) is 105 cm³/mol. The summed E-state index contributed by atoms with van der Waals surface area (Å²) >= 11 is 0. The molecule has 27 heavy (non-hydrogen) atoms. The largest absolute Gasteiger partial charge is 0.497 e. The summed E-state index contributed by atoms with van der Waals surface area (Å²) in [6.45, 7) is 4.73.